The molecule has 1 rings (SSSR count). The van der Waals surface area contributed by atoms with Crippen LogP contribution in [0.15, 0.2) is 42.5 Å². The van der Waals surface area contributed by atoms with Crippen LogP contribution in [0.1, 0.15) is 5.56 Å². The van der Waals surface area contributed by atoms with Gasteiger partial charge < -0.3 is 9.80 Å². The van der Waals surface area contributed by atoms with Crippen molar-refractivity contribution in [3.63, 3.8) is 0 Å². The van der Waals surface area contributed by atoms with E-state index in [1.807, 2.05) is 55.4 Å². The highest BCUT2D eigenvalue weighted by Gasteiger charge is 2.10. The van der Waals surface area contributed by atoms with Crippen LogP contribution in [-0.4, -0.2) is 42.9 Å². The van der Waals surface area contributed by atoms with Gasteiger partial charge in [0.2, 0.25) is 5.91 Å². The van der Waals surface area contributed by atoms with Gasteiger partial charge >= 0.3 is 0 Å². The van der Waals surface area contributed by atoms with Gasteiger partial charge in [0, 0.05) is 19.2 Å². The van der Waals surface area contributed by atoms with Crippen LogP contribution >= 0.6 is 0 Å². The van der Waals surface area contributed by atoms with Crippen molar-refractivity contribution < 1.29 is 4.79 Å². The van der Waals surface area contributed by atoms with Gasteiger partial charge in [-0.25, -0.2) is 0 Å². The Balaban J connectivity index is 2.64. The summed E-state index contributed by atoms with van der Waals surface area (Å²) >= 11 is 0. The molecule has 100 valence electrons. The molecule has 0 saturated carbocycles. The fourth-order valence-corrected chi connectivity index (χ4v) is 1.57. The molecule has 0 heterocycles. The molecule has 0 bridgehead atoms. The predicted molar refractivity (Wildman–Crippen MR) is 75.2 cm³/mol. The number of carbonyl (C=O) groups is 1. The molecule has 0 fully saturated rings. The Morgan fingerprint density at radius 2 is 2.00 bits per heavy atom. The van der Waals surface area contributed by atoms with Gasteiger partial charge in [-0.2, -0.15) is 5.26 Å². The lowest BCUT2D eigenvalue weighted by molar-refractivity contribution is -0.126. The van der Waals surface area contributed by atoms with Crippen molar-refractivity contribution in [2.75, 3.05) is 27.2 Å². The van der Waals surface area contributed by atoms with Crippen LogP contribution in [0, 0.1) is 11.3 Å². The third-order valence-corrected chi connectivity index (χ3v) is 2.52. The average Bonchev–Trinajstić information content (AvgIpc) is 2.39. The highest BCUT2D eigenvalue weighted by Crippen LogP contribution is 2.04. The molecule has 1 aromatic carbocycles. The Labute approximate surface area is 114 Å². The molecule has 0 unspecified atom stereocenters. The van der Waals surface area contributed by atoms with Crippen LogP contribution in [0.4, 0.5) is 0 Å². The van der Waals surface area contributed by atoms with Crippen LogP contribution in [0.3, 0.4) is 0 Å². The van der Waals surface area contributed by atoms with E-state index in [2.05, 4.69) is 0 Å². The van der Waals surface area contributed by atoms with E-state index in [0.29, 0.717) is 13.1 Å². The molecule has 1 amide bonds. The molecule has 0 aliphatic rings. The second-order valence-electron chi connectivity index (χ2n) is 4.50. The van der Waals surface area contributed by atoms with E-state index < -0.39 is 0 Å². The maximum Gasteiger partial charge on any atom is 0.247 e. The molecule has 4 nitrogen and oxygen atoms in total. The predicted octanol–water partition coefficient (Wildman–Crippen LogP) is 1.66. The molecule has 0 radical (unpaired) electrons. The van der Waals surface area contributed by atoms with Crippen molar-refractivity contribution in [2.45, 2.75) is 6.54 Å². The number of likely N-dealkylation sites (N-methyl/N-ethyl adjacent to an activating group) is 1. The van der Waals surface area contributed by atoms with E-state index in [0.717, 1.165) is 5.56 Å². The second-order valence-corrected chi connectivity index (χ2v) is 4.50. The van der Waals surface area contributed by atoms with Gasteiger partial charge in [0.1, 0.15) is 6.54 Å². The van der Waals surface area contributed by atoms with Crippen molar-refractivity contribution >= 4 is 5.91 Å². The average molecular weight is 257 g/mol. The molecule has 4 heteroatoms. The molecule has 0 aromatic heterocycles. The van der Waals surface area contributed by atoms with Crippen molar-refractivity contribution in [3.05, 3.63) is 48.0 Å². The van der Waals surface area contributed by atoms with Gasteiger partial charge in [0.25, 0.3) is 0 Å². The highest BCUT2D eigenvalue weighted by molar-refractivity contribution is 5.87. The van der Waals surface area contributed by atoms with Crippen LogP contribution in [0.2, 0.25) is 0 Å². The van der Waals surface area contributed by atoms with Crippen LogP contribution in [0.5, 0.6) is 0 Å². The van der Waals surface area contributed by atoms with E-state index >= 15 is 0 Å². The standard InChI is InChI=1S/C15H19N3O/c1-17(2)11-6-9-15(19)18(12-10-16)13-14-7-4-3-5-8-14/h3-9H,11-13H2,1-2H3/b9-6+. The van der Waals surface area contributed by atoms with E-state index in [1.54, 1.807) is 6.08 Å². The summed E-state index contributed by atoms with van der Waals surface area (Å²) in [5.41, 5.74) is 1.02. The van der Waals surface area contributed by atoms with Crippen molar-refractivity contribution in [2.24, 2.45) is 0 Å². The molecule has 19 heavy (non-hydrogen) atoms. The first-order valence-corrected chi connectivity index (χ1v) is 6.14. The zero-order valence-corrected chi connectivity index (χ0v) is 11.4. The highest BCUT2D eigenvalue weighted by atomic mass is 16.2. The summed E-state index contributed by atoms with van der Waals surface area (Å²) in [4.78, 5) is 15.5. The van der Waals surface area contributed by atoms with Crippen molar-refractivity contribution in [3.8, 4) is 6.07 Å². The van der Waals surface area contributed by atoms with Gasteiger partial charge in [-0.05, 0) is 19.7 Å². The third kappa shape index (κ3) is 5.84. The number of carbonyl (C=O) groups excluding carboxylic acids is 1. The molecular formula is C15H19N3O. The monoisotopic (exact) mass is 257 g/mol. The number of hydrogen-bond acceptors (Lipinski definition) is 3. The quantitative estimate of drug-likeness (QED) is 0.575. The number of nitrogens with zero attached hydrogens (tertiary/aromatic N) is 3. The Bertz CT molecular complexity index is 460. The summed E-state index contributed by atoms with van der Waals surface area (Å²) in [5.74, 6) is -0.132. The Morgan fingerprint density at radius 1 is 1.32 bits per heavy atom. The normalized spacial score (nSPS) is 10.6. The van der Waals surface area contributed by atoms with Crippen molar-refractivity contribution in [1.29, 1.82) is 5.26 Å². The fraction of sp³-hybridized carbons (Fsp3) is 0.333. The van der Waals surface area contributed by atoms with Gasteiger partial charge in [-0.1, -0.05) is 36.4 Å². The van der Waals surface area contributed by atoms with E-state index in [-0.39, 0.29) is 12.5 Å². The maximum atomic E-state index is 12.0. The first-order valence-electron chi connectivity index (χ1n) is 6.14. The minimum Gasteiger partial charge on any atom is -0.322 e. The Morgan fingerprint density at radius 3 is 2.58 bits per heavy atom. The lowest BCUT2D eigenvalue weighted by atomic mass is 10.2. The van der Waals surface area contributed by atoms with Crippen LogP contribution in [0.25, 0.3) is 0 Å². The van der Waals surface area contributed by atoms with Gasteiger partial charge in [0.05, 0.1) is 6.07 Å². The van der Waals surface area contributed by atoms with E-state index in [9.17, 15) is 4.79 Å². The molecular weight excluding hydrogens is 238 g/mol. The molecule has 1 aromatic rings. The summed E-state index contributed by atoms with van der Waals surface area (Å²) in [6.07, 6.45) is 3.33. The molecule has 0 aliphatic heterocycles. The summed E-state index contributed by atoms with van der Waals surface area (Å²) in [6, 6.07) is 11.7. The number of benzene rings is 1. The molecule has 0 saturated heterocycles. The lowest BCUT2D eigenvalue weighted by Gasteiger charge is -2.18. The topological polar surface area (TPSA) is 47.3 Å². The summed E-state index contributed by atoms with van der Waals surface area (Å²) in [5, 5.41) is 8.80. The number of amides is 1. The Hall–Kier alpha value is -2.12. The van der Waals surface area contributed by atoms with Crippen molar-refractivity contribution in [1.82, 2.24) is 9.80 Å². The van der Waals surface area contributed by atoms with Gasteiger partial charge in [0.15, 0.2) is 0 Å². The smallest absolute Gasteiger partial charge is 0.247 e. The number of nitriles is 1. The molecule has 0 atom stereocenters. The minimum absolute atomic E-state index is 0.0973. The second kappa shape index (κ2) is 8.06. The molecule has 0 spiro atoms. The molecule has 0 aliphatic carbocycles. The largest absolute Gasteiger partial charge is 0.322 e. The van der Waals surface area contributed by atoms with Gasteiger partial charge in [-0.15, -0.1) is 0 Å². The molecule has 0 N–H and O–H groups in total. The number of hydrogen-bond donors (Lipinski definition) is 0. The van der Waals surface area contributed by atoms with Crippen LogP contribution in [-0.2, 0) is 11.3 Å². The van der Waals surface area contributed by atoms with Gasteiger partial charge in [-0.3, -0.25) is 4.79 Å². The SMILES string of the molecule is CN(C)C/C=C/C(=O)N(CC#N)Cc1ccccc1. The van der Waals surface area contributed by atoms with Crippen LogP contribution < -0.4 is 0 Å². The fourth-order valence-electron chi connectivity index (χ4n) is 1.57. The maximum absolute atomic E-state index is 12.0. The number of rotatable bonds is 6. The van der Waals surface area contributed by atoms with E-state index in [1.165, 1.54) is 11.0 Å². The minimum atomic E-state index is -0.132. The van der Waals surface area contributed by atoms with E-state index in [4.69, 9.17) is 5.26 Å². The third-order valence-electron chi connectivity index (χ3n) is 2.52. The first-order chi connectivity index (χ1) is 9.13. The first kappa shape index (κ1) is 14.9. The summed E-state index contributed by atoms with van der Waals surface area (Å²) < 4.78 is 0. The Kier molecular flexibility index (Phi) is 6.34. The lowest BCUT2D eigenvalue weighted by Crippen LogP contribution is -2.29. The summed E-state index contributed by atoms with van der Waals surface area (Å²) in [6.45, 7) is 1.26. The summed E-state index contributed by atoms with van der Waals surface area (Å²) in [7, 11) is 3.87. The zero-order chi connectivity index (χ0) is 14.1. The zero-order valence-electron chi connectivity index (χ0n) is 11.4.